The number of primary sulfonamides is 1. The van der Waals surface area contributed by atoms with Gasteiger partial charge in [-0.15, -0.1) is 0 Å². The zero-order valence-corrected chi connectivity index (χ0v) is 30.9. The first kappa shape index (κ1) is 35.2. The predicted molar refractivity (Wildman–Crippen MR) is 200 cm³/mol. The summed E-state index contributed by atoms with van der Waals surface area (Å²) >= 11 is 6.15. The fourth-order valence-corrected chi connectivity index (χ4v) is 10.7. The zero-order chi connectivity index (χ0) is 35.0. The van der Waals surface area contributed by atoms with E-state index in [1.165, 1.54) is 55.3 Å². The average Bonchev–Trinajstić information content (AvgIpc) is 3.60. The number of hydrogen-bond acceptors (Lipinski definition) is 5. The van der Waals surface area contributed by atoms with Gasteiger partial charge in [0.1, 0.15) is 10.7 Å². The average molecular weight is 716 g/mol. The molecule has 1 aromatic heterocycles. The number of nitrogens with two attached hydrogens (primary N) is 1. The lowest BCUT2D eigenvalue weighted by Crippen LogP contribution is -2.47. The van der Waals surface area contributed by atoms with E-state index in [1.54, 1.807) is 6.07 Å². The lowest BCUT2D eigenvalue weighted by molar-refractivity contribution is 0.0572. The van der Waals surface area contributed by atoms with Crippen LogP contribution in [0.5, 0.6) is 0 Å². The number of hydrogen-bond donors (Lipinski definition) is 1. The van der Waals surface area contributed by atoms with Crippen molar-refractivity contribution < 1.29 is 13.2 Å². The molecule has 4 aromatic rings. The fourth-order valence-electron chi connectivity index (χ4n) is 9.62. The smallest absolute Gasteiger partial charge is 0.254 e. The maximum atomic E-state index is 13.9. The molecule has 1 aliphatic carbocycles. The first-order chi connectivity index (χ1) is 24.1. The second-order valence-electron chi connectivity index (χ2n) is 14.9. The summed E-state index contributed by atoms with van der Waals surface area (Å²) in [7, 11) is -4.06. The van der Waals surface area contributed by atoms with E-state index >= 15 is 0 Å². The number of aryl methyl sites for hydroxylation is 1. The molecule has 3 atom stereocenters. The quantitative estimate of drug-likeness (QED) is 0.179. The minimum Gasteiger partial charge on any atom is -0.336 e. The van der Waals surface area contributed by atoms with E-state index in [0.717, 1.165) is 56.4 Å². The van der Waals surface area contributed by atoms with Crippen LogP contribution in [0.25, 0.3) is 11.0 Å². The van der Waals surface area contributed by atoms with Gasteiger partial charge in [0.2, 0.25) is 10.0 Å². The molecule has 2 aliphatic heterocycles. The summed E-state index contributed by atoms with van der Waals surface area (Å²) in [6.07, 6.45) is 11.9. The molecule has 3 aromatic carbocycles. The number of fused-ring (bicyclic) bond motifs is 3. The van der Waals surface area contributed by atoms with E-state index in [1.807, 2.05) is 4.90 Å². The van der Waals surface area contributed by atoms with Crippen LogP contribution in [0.2, 0.25) is 5.02 Å². The van der Waals surface area contributed by atoms with Crippen molar-refractivity contribution in [3.63, 3.8) is 0 Å². The van der Waals surface area contributed by atoms with E-state index in [0.29, 0.717) is 30.2 Å². The number of benzene rings is 3. The van der Waals surface area contributed by atoms with E-state index < -0.39 is 10.0 Å². The van der Waals surface area contributed by atoms with Crippen LogP contribution < -0.4 is 5.14 Å². The summed E-state index contributed by atoms with van der Waals surface area (Å²) in [5.74, 6) is 0.957. The van der Waals surface area contributed by atoms with Gasteiger partial charge in [0.05, 0.1) is 16.1 Å². The summed E-state index contributed by atoms with van der Waals surface area (Å²) in [6, 6.07) is 25.8. The van der Waals surface area contributed by atoms with Crippen LogP contribution in [0.3, 0.4) is 0 Å². The molecule has 3 fully saturated rings. The number of halogens is 1. The Morgan fingerprint density at radius 3 is 2.34 bits per heavy atom. The van der Waals surface area contributed by atoms with Gasteiger partial charge in [-0.05, 0) is 125 Å². The Bertz CT molecular complexity index is 1940. The number of sulfonamides is 1. The number of aromatic nitrogens is 2. The summed E-state index contributed by atoms with van der Waals surface area (Å²) in [5.41, 5.74) is 4.11. The van der Waals surface area contributed by atoms with E-state index in [9.17, 15) is 13.2 Å². The minimum atomic E-state index is -4.06. The largest absolute Gasteiger partial charge is 0.336 e. The van der Waals surface area contributed by atoms with Crippen molar-refractivity contribution in [1.82, 2.24) is 19.4 Å². The monoisotopic (exact) mass is 715 g/mol. The van der Waals surface area contributed by atoms with Gasteiger partial charge in [0, 0.05) is 36.3 Å². The molecular formula is C40H50ClN5O3S. The molecule has 7 rings (SSSR count). The number of carbonyl (C=O) groups is 1. The van der Waals surface area contributed by atoms with Crippen LogP contribution >= 0.6 is 11.6 Å². The van der Waals surface area contributed by atoms with Crippen LogP contribution in [0.15, 0.2) is 77.7 Å². The molecular weight excluding hydrogens is 666 g/mol. The molecule has 3 heterocycles. The molecule has 1 saturated carbocycles. The highest BCUT2D eigenvalue weighted by Crippen LogP contribution is 2.46. The van der Waals surface area contributed by atoms with Gasteiger partial charge in [-0.2, -0.15) is 0 Å². The minimum absolute atomic E-state index is 0.0232. The zero-order valence-electron chi connectivity index (χ0n) is 29.3. The molecule has 10 heteroatoms. The molecule has 50 heavy (non-hydrogen) atoms. The van der Waals surface area contributed by atoms with E-state index in [-0.39, 0.29) is 27.3 Å². The highest BCUT2D eigenvalue weighted by molar-refractivity contribution is 7.89. The third-order valence-corrected chi connectivity index (χ3v) is 13.5. The molecule has 266 valence electrons. The molecule has 2 saturated heterocycles. The molecule has 0 radical (unpaired) electrons. The third kappa shape index (κ3) is 6.86. The summed E-state index contributed by atoms with van der Waals surface area (Å²) in [4.78, 5) is 23.5. The molecule has 8 nitrogen and oxygen atoms in total. The van der Waals surface area contributed by atoms with Crippen LogP contribution in [-0.4, -0.2) is 64.9 Å². The third-order valence-electron chi connectivity index (χ3n) is 12.1. The molecule has 2 bridgehead atoms. The van der Waals surface area contributed by atoms with Gasteiger partial charge in [0.15, 0.2) is 0 Å². The highest BCUT2D eigenvalue weighted by Gasteiger charge is 2.43. The van der Waals surface area contributed by atoms with Gasteiger partial charge in [0.25, 0.3) is 5.91 Å². The maximum absolute atomic E-state index is 13.9. The SMILES string of the molecule is CCCN(C(=O)c1ccc(Cl)c(S(N)(=O)=O)c1)C1CCC(CCN2C3CCC2CC(n2c(C)nc4ccccc42)CC3)(c2ccccc2)CC1. The fraction of sp³-hybridized carbons (Fsp3) is 0.500. The molecule has 0 spiro atoms. The van der Waals surface area contributed by atoms with E-state index in [2.05, 4.69) is 77.9 Å². The van der Waals surface area contributed by atoms with Crippen molar-refractivity contribution in [1.29, 1.82) is 0 Å². The van der Waals surface area contributed by atoms with E-state index in [4.69, 9.17) is 21.7 Å². The van der Waals surface area contributed by atoms with Crippen LogP contribution in [0.1, 0.15) is 105 Å². The van der Waals surface area contributed by atoms with Crippen LogP contribution in [0, 0.1) is 6.92 Å². The highest BCUT2D eigenvalue weighted by atomic mass is 35.5. The topological polar surface area (TPSA) is 102 Å². The Labute approximate surface area is 302 Å². The van der Waals surface area contributed by atoms with Crippen molar-refractivity contribution in [3.05, 3.63) is 94.8 Å². The molecule has 3 unspecified atom stereocenters. The first-order valence-electron chi connectivity index (χ1n) is 18.5. The molecule has 3 aliphatic rings. The Kier molecular flexibility index (Phi) is 10.1. The van der Waals surface area contributed by atoms with Crippen molar-refractivity contribution in [2.24, 2.45) is 5.14 Å². The Morgan fingerprint density at radius 1 is 0.940 bits per heavy atom. The number of rotatable bonds is 10. The van der Waals surface area contributed by atoms with Gasteiger partial charge in [-0.25, -0.2) is 18.5 Å². The standard InChI is InChI=1S/C40H50ClN5O3S/c1-3-24-45(39(47)29-13-18-35(41)38(26-29)50(42,48)49)32-19-21-40(22-20-32,30-9-5-4-6-10-30)23-25-44-31-14-16-33(44)27-34(17-15-31)46-28(2)43-36-11-7-8-12-37(36)46/h4-13,18,26,31-34H,3,14-17,19-25,27H2,1-2H3,(H2,42,48,49). The van der Waals surface area contributed by atoms with Gasteiger partial charge in [-0.3, -0.25) is 9.69 Å². The predicted octanol–water partition coefficient (Wildman–Crippen LogP) is 8.03. The van der Waals surface area contributed by atoms with Crippen LogP contribution in [0.4, 0.5) is 0 Å². The number of nitrogens with zero attached hydrogens (tertiary/aromatic N) is 4. The number of imidazole rings is 1. The lowest BCUT2D eigenvalue weighted by Gasteiger charge is -2.45. The van der Waals surface area contributed by atoms with Gasteiger partial charge in [-0.1, -0.05) is 61.0 Å². The maximum Gasteiger partial charge on any atom is 0.254 e. The molecule has 1 amide bonds. The Hall–Kier alpha value is -3.24. The Morgan fingerprint density at radius 2 is 1.62 bits per heavy atom. The molecule has 2 N–H and O–H groups in total. The second kappa shape index (κ2) is 14.4. The normalized spacial score (nSPS) is 25.8. The van der Waals surface area contributed by atoms with Crippen molar-refractivity contribution in [3.8, 4) is 0 Å². The number of amides is 1. The van der Waals surface area contributed by atoms with Crippen molar-refractivity contribution in [2.45, 2.75) is 119 Å². The lowest BCUT2D eigenvalue weighted by atomic mass is 9.66. The van der Waals surface area contributed by atoms with Crippen molar-refractivity contribution in [2.75, 3.05) is 13.1 Å². The summed E-state index contributed by atoms with van der Waals surface area (Å²) < 4.78 is 26.8. The van der Waals surface area contributed by atoms with Crippen LogP contribution in [-0.2, 0) is 15.4 Å². The second-order valence-corrected chi connectivity index (χ2v) is 16.9. The van der Waals surface area contributed by atoms with Gasteiger partial charge >= 0.3 is 0 Å². The summed E-state index contributed by atoms with van der Waals surface area (Å²) in [5, 5.41) is 5.44. The summed E-state index contributed by atoms with van der Waals surface area (Å²) in [6.45, 7) is 5.93. The number of para-hydroxylation sites is 2. The number of carbonyl (C=O) groups excluding carboxylic acids is 1. The Balaban J connectivity index is 1.08. The first-order valence-corrected chi connectivity index (χ1v) is 20.4. The van der Waals surface area contributed by atoms with Crippen molar-refractivity contribution >= 4 is 38.6 Å². The van der Waals surface area contributed by atoms with Gasteiger partial charge < -0.3 is 9.47 Å².